The Balaban J connectivity index is 3.95. The average molecular weight is 134 g/mol. The van der Waals surface area contributed by atoms with Crippen LogP contribution in [0.5, 0.6) is 0 Å². The fraction of sp³-hybridized carbons (Fsp3) is 0.500. The summed E-state index contributed by atoms with van der Waals surface area (Å²) in [6.07, 6.45) is 0. The fourth-order valence-electron chi connectivity index (χ4n) is 0.226. The van der Waals surface area contributed by atoms with E-state index in [-0.39, 0.29) is 12.3 Å². The predicted octanol–water partition coefficient (Wildman–Crippen LogP) is -0.172. The van der Waals surface area contributed by atoms with Crippen LogP contribution in [0.2, 0.25) is 0 Å². The van der Waals surface area contributed by atoms with Crippen molar-refractivity contribution in [2.45, 2.75) is 0 Å². The topological polar surface area (TPSA) is 57.9 Å². The molecule has 0 saturated heterocycles. The third-order valence-electron chi connectivity index (χ3n) is 0.641. The van der Waals surface area contributed by atoms with Gasteiger partial charge in [-0.05, 0) is 0 Å². The van der Waals surface area contributed by atoms with Gasteiger partial charge >= 0.3 is 0 Å². The van der Waals surface area contributed by atoms with Crippen molar-refractivity contribution in [1.29, 1.82) is 0 Å². The van der Waals surface area contributed by atoms with Crippen molar-refractivity contribution >= 4 is 9.84 Å². The smallest absolute Gasteiger partial charge is 0.172 e. The highest BCUT2D eigenvalue weighted by atomic mass is 32.2. The van der Waals surface area contributed by atoms with Gasteiger partial charge in [-0.1, -0.05) is 6.58 Å². The van der Waals surface area contributed by atoms with Gasteiger partial charge < -0.3 is 0 Å². The van der Waals surface area contributed by atoms with Gasteiger partial charge in [-0.3, -0.25) is 5.73 Å². The van der Waals surface area contributed by atoms with Gasteiger partial charge in [-0.15, -0.1) is 0 Å². The van der Waals surface area contributed by atoms with E-state index in [0.29, 0.717) is 0 Å². The normalized spacial score (nSPS) is 11.1. The van der Waals surface area contributed by atoms with Gasteiger partial charge in [-0.25, -0.2) is 8.42 Å². The molecule has 0 aromatic rings. The number of sulfone groups is 1. The summed E-state index contributed by atoms with van der Waals surface area (Å²) in [7, 11) is -3.09. The largest absolute Gasteiger partial charge is 0.257 e. The summed E-state index contributed by atoms with van der Waals surface area (Å²) >= 11 is 0. The van der Waals surface area contributed by atoms with Crippen LogP contribution in [-0.4, -0.2) is 20.7 Å². The number of rotatable bonds is 3. The average Bonchev–Trinajstić information content (AvgIpc) is 1.67. The van der Waals surface area contributed by atoms with Crippen LogP contribution in [0, 0.1) is 0 Å². The molecule has 0 unspecified atom stereocenters. The molecule has 0 rings (SSSR count). The molecule has 0 fully saturated rings. The summed E-state index contributed by atoms with van der Waals surface area (Å²) in [5, 5.41) is 0.877. The molecule has 47 valence electrons. The van der Waals surface area contributed by atoms with Gasteiger partial charge in [-0.2, -0.15) is 0 Å². The Morgan fingerprint density at radius 2 is 2.12 bits per heavy atom. The maximum absolute atomic E-state index is 10.4. The second-order valence-electron chi connectivity index (χ2n) is 1.28. The van der Waals surface area contributed by atoms with E-state index >= 15 is 0 Å². The molecular formula is C4H8NO2S. The number of hydrogen-bond donors (Lipinski definition) is 0. The molecular weight excluding hydrogens is 126 g/mol. The van der Waals surface area contributed by atoms with E-state index < -0.39 is 9.84 Å². The minimum Gasteiger partial charge on any atom is -0.257 e. The molecule has 0 aromatic heterocycles. The van der Waals surface area contributed by atoms with Crippen LogP contribution < -0.4 is 5.73 Å². The minimum absolute atomic E-state index is 0.0889. The van der Waals surface area contributed by atoms with E-state index in [2.05, 4.69) is 6.58 Å². The summed E-state index contributed by atoms with van der Waals surface area (Å²) in [6.45, 7) is 2.99. The summed E-state index contributed by atoms with van der Waals surface area (Å²) in [5.74, 6) is -0.115. The first-order valence-electron chi connectivity index (χ1n) is 2.12. The first-order valence-corrected chi connectivity index (χ1v) is 3.83. The Hall–Kier alpha value is -0.350. The Labute approximate surface area is 49.1 Å². The van der Waals surface area contributed by atoms with Crippen LogP contribution in [0.1, 0.15) is 0 Å². The van der Waals surface area contributed by atoms with E-state index in [1.807, 2.05) is 0 Å². The molecule has 0 saturated carbocycles. The lowest BCUT2D eigenvalue weighted by molar-refractivity contribution is 0.604. The van der Waals surface area contributed by atoms with Crippen molar-refractivity contribution < 1.29 is 8.42 Å². The molecule has 0 heterocycles. The van der Waals surface area contributed by atoms with Crippen molar-refractivity contribution in [2.75, 3.05) is 12.3 Å². The summed E-state index contributed by atoms with van der Waals surface area (Å²) in [5.41, 5.74) is 6.53. The zero-order chi connectivity index (χ0) is 6.62. The summed E-state index contributed by atoms with van der Waals surface area (Å²) in [6, 6.07) is 0. The lowest BCUT2D eigenvalue weighted by Gasteiger charge is -1.89. The number of hydrogen-bond acceptors (Lipinski definition) is 2. The summed E-state index contributed by atoms with van der Waals surface area (Å²) < 4.78 is 20.7. The van der Waals surface area contributed by atoms with Gasteiger partial charge in [0.2, 0.25) is 0 Å². The molecule has 1 N–H and O–H groups in total. The van der Waals surface area contributed by atoms with Crippen molar-refractivity contribution in [3.05, 3.63) is 12.0 Å². The third-order valence-corrected chi connectivity index (χ3v) is 1.92. The molecule has 0 aliphatic carbocycles. The molecule has 0 aromatic carbocycles. The van der Waals surface area contributed by atoms with Crippen molar-refractivity contribution in [3.8, 4) is 0 Å². The monoisotopic (exact) mass is 134 g/mol. The highest BCUT2D eigenvalue weighted by molar-refractivity contribution is 7.94. The van der Waals surface area contributed by atoms with E-state index in [1.165, 1.54) is 0 Å². The van der Waals surface area contributed by atoms with Gasteiger partial charge in [0.05, 0.1) is 5.75 Å². The van der Waals surface area contributed by atoms with Gasteiger partial charge in [0, 0.05) is 12.0 Å². The van der Waals surface area contributed by atoms with Crippen LogP contribution in [0.4, 0.5) is 0 Å². The molecule has 0 bridgehead atoms. The molecule has 3 nitrogen and oxygen atoms in total. The first kappa shape index (κ1) is 7.65. The zero-order valence-electron chi connectivity index (χ0n) is 4.42. The lowest BCUT2D eigenvalue weighted by atomic mass is 10.8. The van der Waals surface area contributed by atoms with Crippen LogP contribution >= 0.6 is 0 Å². The second kappa shape index (κ2) is 2.84. The maximum Gasteiger partial charge on any atom is 0.172 e. The molecule has 4 heteroatoms. The molecule has 8 heavy (non-hydrogen) atoms. The quantitative estimate of drug-likeness (QED) is 0.538. The van der Waals surface area contributed by atoms with E-state index in [0.717, 1.165) is 5.41 Å². The Morgan fingerprint density at radius 1 is 1.62 bits per heavy atom. The van der Waals surface area contributed by atoms with Crippen LogP contribution in [-0.2, 0) is 9.84 Å². The fourth-order valence-corrected chi connectivity index (χ4v) is 0.677. The maximum atomic E-state index is 10.4. The van der Waals surface area contributed by atoms with Crippen LogP contribution in [0.25, 0.3) is 0 Å². The molecule has 0 amide bonds. The molecule has 0 aliphatic rings. The van der Waals surface area contributed by atoms with Crippen LogP contribution in [0.3, 0.4) is 0 Å². The Morgan fingerprint density at radius 3 is 2.25 bits per heavy atom. The zero-order valence-corrected chi connectivity index (χ0v) is 5.24. The number of nitrogens with one attached hydrogen (secondary N) is 1. The second-order valence-corrected chi connectivity index (χ2v) is 3.35. The highest BCUT2D eigenvalue weighted by Crippen LogP contribution is 1.86. The van der Waals surface area contributed by atoms with E-state index in [4.69, 9.17) is 5.73 Å². The van der Waals surface area contributed by atoms with E-state index in [1.54, 1.807) is 0 Å². The van der Waals surface area contributed by atoms with Crippen LogP contribution in [0.15, 0.2) is 12.0 Å². The molecule has 1 radical (unpaired) electrons. The minimum atomic E-state index is -3.09. The van der Waals surface area contributed by atoms with Gasteiger partial charge in [0.25, 0.3) is 0 Å². The first-order chi connectivity index (χ1) is 3.62. The van der Waals surface area contributed by atoms with Gasteiger partial charge in [0.1, 0.15) is 0 Å². The molecule has 0 spiro atoms. The summed E-state index contributed by atoms with van der Waals surface area (Å²) in [4.78, 5) is 0. The van der Waals surface area contributed by atoms with E-state index in [9.17, 15) is 8.42 Å². The molecule has 0 aliphatic heterocycles. The van der Waals surface area contributed by atoms with Crippen molar-refractivity contribution in [1.82, 2.24) is 5.73 Å². The standard InChI is InChI=1S/C4H8NO2S/c1-2-8(6,7)4-3-5/h2,5H,1,3-4H2. The SMILES string of the molecule is C=CS(=O)(=O)CC[NH]. The predicted molar refractivity (Wildman–Crippen MR) is 31.9 cm³/mol. The molecule has 0 atom stereocenters. The Kier molecular flexibility index (Phi) is 2.71. The Bertz CT molecular complexity index is 159. The third kappa shape index (κ3) is 2.76. The lowest BCUT2D eigenvalue weighted by Crippen LogP contribution is -2.05. The van der Waals surface area contributed by atoms with Gasteiger partial charge in [0.15, 0.2) is 9.84 Å². The highest BCUT2D eigenvalue weighted by Gasteiger charge is 1.99. The van der Waals surface area contributed by atoms with Crippen molar-refractivity contribution in [2.24, 2.45) is 0 Å². The van der Waals surface area contributed by atoms with Crippen molar-refractivity contribution in [3.63, 3.8) is 0 Å².